The quantitative estimate of drug-likeness (QED) is 0.700. The molecule has 60 valence electrons. The van der Waals surface area contributed by atoms with Crippen molar-refractivity contribution in [2.24, 2.45) is 0 Å². The van der Waals surface area contributed by atoms with Gasteiger partial charge in [-0.2, -0.15) is 0 Å². The number of phenols is 1. The Balaban J connectivity index is 3.05. The molecule has 1 aromatic carbocycles. The van der Waals surface area contributed by atoms with E-state index in [0.29, 0.717) is 5.02 Å². The molecule has 0 aliphatic rings. The Morgan fingerprint density at radius 2 is 2.00 bits per heavy atom. The minimum atomic E-state index is 0.123. The monoisotopic (exact) mass is 171 g/mol. The van der Waals surface area contributed by atoms with Crippen molar-refractivity contribution in [3.05, 3.63) is 23.2 Å². The van der Waals surface area contributed by atoms with Gasteiger partial charge in [0.2, 0.25) is 0 Å². The average molecular weight is 172 g/mol. The van der Waals surface area contributed by atoms with Crippen molar-refractivity contribution >= 4 is 17.3 Å². The highest BCUT2D eigenvalue weighted by molar-refractivity contribution is 6.32. The van der Waals surface area contributed by atoms with Crippen molar-refractivity contribution in [3.63, 3.8) is 0 Å². The van der Waals surface area contributed by atoms with Crippen LogP contribution in [-0.4, -0.2) is 19.2 Å². The van der Waals surface area contributed by atoms with Crippen LogP contribution in [-0.2, 0) is 0 Å². The normalized spacial score (nSPS) is 9.73. The summed E-state index contributed by atoms with van der Waals surface area (Å²) in [6, 6.07) is 5.15. The third kappa shape index (κ3) is 1.77. The molecule has 0 amide bonds. The fraction of sp³-hybridized carbons (Fsp3) is 0.250. The third-order valence-corrected chi connectivity index (χ3v) is 1.77. The highest BCUT2D eigenvalue weighted by atomic mass is 35.5. The lowest BCUT2D eigenvalue weighted by Crippen LogP contribution is -2.07. The average Bonchev–Trinajstić information content (AvgIpc) is 1.94. The highest BCUT2D eigenvalue weighted by Gasteiger charge is 1.99. The zero-order valence-electron chi connectivity index (χ0n) is 6.50. The minimum Gasteiger partial charge on any atom is -0.506 e. The molecule has 0 aromatic heterocycles. The second-order valence-electron chi connectivity index (χ2n) is 2.53. The van der Waals surface area contributed by atoms with E-state index in [2.05, 4.69) is 0 Å². The summed E-state index contributed by atoms with van der Waals surface area (Å²) in [5.41, 5.74) is 0.937. The largest absolute Gasteiger partial charge is 0.506 e. The number of halogens is 1. The lowest BCUT2D eigenvalue weighted by molar-refractivity contribution is 0.475. The van der Waals surface area contributed by atoms with E-state index in [4.69, 9.17) is 11.6 Å². The predicted molar refractivity (Wildman–Crippen MR) is 47.4 cm³/mol. The molecule has 0 atom stereocenters. The smallest absolute Gasteiger partial charge is 0.136 e. The summed E-state index contributed by atoms with van der Waals surface area (Å²) in [6.45, 7) is 0. The van der Waals surface area contributed by atoms with E-state index >= 15 is 0 Å². The van der Waals surface area contributed by atoms with Crippen LogP contribution >= 0.6 is 11.6 Å². The maximum atomic E-state index is 9.19. The summed E-state index contributed by atoms with van der Waals surface area (Å²) in [6.07, 6.45) is 0. The van der Waals surface area contributed by atoms with Crippen molar-refractivity contribution in [1.82, 2.24) is 0 Å². The fourth-order valence-electron chi connectivity index (χ4n) is 0.779. The Hall–Kier alpha value is -0.890. The summed E-state index contributed by atoms with van der Waals surface area (Å²) >= 11 is 5.62. The lowest BCUT2D eigenvalue weighted by Gasteiger charge is -2.12. The van der Waals surface area contributed by atoms with Crippen LogP contribution in [0.5, 0.6) is 5.75 Å². The molecule has 0 aliphatic carbocycles. The SMILES string of the molecule is CN(C)c1ccc(Cl)c(O)c1. The van der Waals surface area contributed by atoms with Gasteiger partial charge in [0.1, 0.15) is 5.75 Å². The highest BCUT2D eigenvalue weighted by Crippen LogP contribution is 2.26. The summed E-state index contributed by atoms with van der Waals surface area (Å²) < 4.78 is 0. The molecule has 2 nitrogen and oxygen atoms in total. The molecular weight excluding hydrogens is 162 g/mol. The van der Waals surface area contributed by atoms with E-state index in [1.54, 1.807) is 12.1 Å². The van der Waals surface area contributed by atoms with Gasteiger partial charge >= 0.3 is 0 Å². The first-order chi connectivity index (χ1) is 5.11. The molecule has 0 fully saturated rings. The van der Waals surface area contributed by atoms with E-state index in [0.717, 1.165) is 5.69 Å². The summed E-state index contributed by atoms with van der Waals surface area (Å²) in [7, 11) is 3.81. The number of phenolic OH excluding ortho intramolecular Hbond substituents is 1. The predicted octanol–water partition coefficient (Wildman–Crippen LogP) is 2.11. The van der Waals surface area contributed by atoms with Crippen LogP contribution in [0.15, 0.2) is 18.2 Å². The molecule has 0 saturated heterocycles. The Morgan fingerprint density at radius 1 is 1.36 bits per heavy atom. The number of rotatable bonds is 1. The fourth-order valence-corrected chi connectivity index (χ4v) is 0.897. The van der Waals surface area contributed by atoms with Crippen molar-refractivity contribution < 1.29 is 5.11 Å². The second kappa shape index (κ2) is 3.01. The van der Waals surface area contributed by atoms with Gasteiger partial charge in [0, 0.05) is 25.8 Å². The molecule has 0 heterocycles. The first kappa shape index (κ1) is 8.21. The Bertz CT molecular complexity index is 260. The van der Waals surface area contributed by atoms with Crippen LogP contribution in [0.2, 0.25) is 5.02 Å². The molecule has 0 unspecified atom stereocenters. The van der Waals surface area contributed by atoms with Crippen molar-refractivity contribution in [2.45, 2.75) is 0 Å². The van der Waals surface area contributed by atoms with Crippen LogP contribution < -0.4 is 4.90 Å². The molecule has 0 aliphatic heterocycles. The summed E-state index contributed by atoms with van der Waals surface area (Å²) in [5.74, 6) is 0.123. The molecule has 0 saturated carbocycles. The van der Waals surface area contributed by atoms with E-state index < -0.39 is 0 Å². The van der Waals surface area contributed by atoms with Crippen molar-refractivity contribution in [3.8, 4) is 5.75 Å². The number of nitrogens with zero attached hydrogens (tertiary/aromatic N) is 1. The van der Waals surface area contributed by atoms with Crippen molar-refractivity contribution in [2.75, 3.05) is 19.0 Å². The van der Waals surface area contributed by atoms with Crippen LogP contribution in [0.1, 0.15) is 0 Å². The second-order valence-corrected chi connectivity index (χ2v) is 2.94. The number of hydrogen-bond acceptors (Lipinski definition) is 2. The third-order valence-electron chi connectivity index (χ3n) is 1.45. The molecule has 3 heteroatoms. The maximum Gasteiger partial charge on any atom is 0.136 e. The van der Waals surface area contributed by atoms with Gasteiger partial charge < -0.3 is 10.0 Å². The van der Waals surface area contributed by atoms with E-state index in [-0.39, 0.29) is 5.75 Å². The van der Waals surface area contributed by atoms with Gasteiger partial charge in [-0.15, -0.1) is 0 Å². The molecular formula is C8H10ClNO. The minimum absolute atomic E-state index is 0.123. The molecule has 11 heavy (non-hydrogen) atoms. The number of benzene rings is 1. The zero-order valence-corrected chi connectivity index (χ0v) is 7.26. The Kier molecular flexibility index (Phi) is 2.25. The molecule has 0 radical (unpaired) electrons. The summed E-state index contributed by atoms with van der Waals surface area (Å²) in [4.78, 5) is 1.90. The van der Waals surface area contributed by atoms with Crippen LogP contribution in [0.25, 0.3) is 0 Å². The lowest BCUT2D eigenvalue weighted by atomic mass is 10.3. The molecule has 1 N–H and O–H groups in total. The van der Waals surface area contributed by atoms with Gasteiger partial charge in [0.25, 0.3) is 0 Å². The zero-order chi connectivity index (χ0) is 8.43. The van der Waals surface area contributed by atoms with E-state index in [1.807, 2.05) is 25.1 Å². The maximum absolute atomic E-state index is 9.19. The Morgan fingerprint density at radius 3 is 2.45 bits per heavy atom. The van der Waals surface area contributed by atoms with Crippen LogP contribution in [0.3, 0.4) is 0 Å². The van der Waals surface area contributed by atoms with Gasteiger partial charge in [-0.3, -0.25) is 0 Å². The van der Waals surface area contributed by atoms with Gasteiger partial charge in [0.05, 0.1) is 5.02 Å². The Labute approximate surface area is 71.0 Å². The summed E-state index contributed by atoms with van der Waals surface area (Å²) in [5, 5.41) is 9.58. The van der Waals surface area contributed by atoms with Crippen LogP contribution in [0.4, 0.5) is 5.69 Å². The molecule has 0 bridgehead atoms. The van der Waals surface area contributed by atoms with Crippen LogP contribution in [0, 0.1) is 0 Å². The molecule has 1 aromatic rings. The van der Waals surface area contributed by atoms with Gasteiger partial charge in [-0.05, 0) is 12.1 Å². The van der Waals surface area contributed by atoms with Gasteiger partial charge in [-0.1, -0.05) is 11.6 Å². The number of anilines is 1. The van der Waals surface area contributed by atoms with E-state index in [9.17, 15) is 5.11 Å². The first-order valence-corrected chi connectivity index (χ1v) is 3.65. The first-order valence-electron chi connectivity index (χ1n) is 3.27. The molecule has 0 spiro atoms. The van der Waals surface area contributed by atoms with E-state index in [1.165, 1.54) is 0 Å². The van der Waals surface area contributed by atoms with Gasteiger partial charge in [0.15, 0.2) is 0 Å². The molecule has 1 rings (SSSR count). The topological polar surface area (TPSA) is 23.5 Å². The number of aromatic hydroxyl groups is 1. The standard InChI is InChI=1S/C8H10ClNO/c1-10(2)6-3-4-7(9)8(11)5-6/h3-5,11H,1-2H3. The van der Waals surface area contributed by atoms with Crippen molar-refractivity contribution in [1.29, 1.82) is 0 Å². The van der Waals surface area contributed by atoms with Gasteiger partial charge in [-0.25, -0.2) is 0 Å². The number of hydrogen-bond donors (Lipinski definition) is 1.